The van der Waals surface area contributed by atoms with Crippen LogP contribution in [0.3, 0.4) is 0 Å². The van der Waals surface area contributed by atoms with Gasteiger partial charge in [-0.3, -0.25) is 14.4 Å². The molecule has 2 atom stereocenters. The first kappa shape index (κ1) is 12.4. The van der Waals surface area contributed by atoms with E-state index in [0.29, 0.717) is 0 Å². The van der Waals surface area contributed by atoms with Crippen LogP contribution >= 0.6 is 0 Å². The number of esters is 2. The van der Waals surface area contributed by atoms with Gasteiger partial charge >= 0.3 is 11.9 Å². The molecule has 0 aromatic carbocycles. The average molecular weight is 231 g/mol. The fourth-order valence-corrected chi connectivity index (χ4v) is 1.44. The largest absolute Gasteiger partial charge is 0.468 e. The Kier molecular flexibility index (Phi) is 3.83. The first-order valence-electron chi connectivity index (χ1n) is 4.67. The van der Waals surface area contributed by atoms with Crippen molar-refractivity contribution in [3.05, 3.63) is 0 Å². The van der Waals surface area contributed by atoms with Crippen molar-refractivity contribution in [2.75, 3.05) is 13.7 Å². The molecular formula is C9H13NO6. The van der Waals surface area contributed by atoms with Crippen molar-refractivity contribution in [1.29, 1.82) is 0 Å². The lowest BCUT2D eigenvalue weighted by atomic mass is 10.3. The average Bonchev–Trinajstić information content (AvgIpc) is 2.45. The van der Waals surface area contributed by atoms with Crippen LogP contribution in [0.4, 0.5) is 0 Å². The number of rotatable bonds is 3. The molecule has 1 saturated heterocycles. The lowest BCUT2D eigenvalue weighted by Gasteiger charge is -2.21. The summed E-state index contributed by atoms with van der Waals surface area (Å²) in [6.45, 7) is 0.828. The van der Waals surface area contributed by atoms with Crippen LogP contribution in [-0.4, -0.2) is 53.8 Å². The smallest absolute Gasteiger partial charge is 0.325 e. The van der Waals surface area contributed by atoms with Gasteiger partial charge in [-0.2, -0.15) is 0 Å². The molecule has 0 spiro atoms. The number of hydrogen-bond acceptors (Lipinski definition) is 6. The first-order chi connectivity index (χ1) is 7.45. The van der Waals surface area contributed by atoms with Crippen molar-refractivity contribution in [2.45, 2.75) is 25.7 Å². The summed E-state index contributed by atoms with van der Waals surface area (Å²) in [7, 11) is 1.18. The number of carbonyl (C=O) groups is 3. The van der Waals surface area contributed by atoms with E-state index in [4.69, 9.17) is 4.74 Å². The van der Waals surface area contributed by atoms with Crippen LogP contribution in [0.25, 0.3) is 0 Å². The zero-order valence-electron chi connectivity index (χ0n) is 9.00. The van der Waals surface area contributed by atoms with E-state index in [1.807, 2.05) is 0 Å². The zero-order valence-corrected chi connectivity index (χ0v) is 9.00. The molecular weight excluding hydrogens is 218 g/mol. The molecule has 1 aliphatic heterocycles. The highest BCUT2D eigenvalue weighted by Gasteiger charge is 2.41. The molecule has 1 rings (SSSR count). The molecule has 0 unspecified atom stereocenters. The number of methoxy groups -OCH3 is 1. The lowest BCUT2D eigenvalue weighted by Crippen LogP contribution is -2.41. The molecule has 7 nitrogen and oxygen atoms in total. The molecule has 16 heavy (non-hydrogen) atoms. The van der Waals surface area contributed by atoms with E-state index in [9.17, 15) is 19.5 Å². The fourth-order valence-electron chi connectivity index (χ4n) is 1.44. The number of nitrogens with zero attached hydrogens (tertiary/aromatic N) is 1. The third kappa shape index (κ3) is 2.69. The molecule has 7 heteroatoms. The molecule has 0 bridgehead atoms. The van der Waals surface area contributed by atoms with E-state index in [-0.39, 0.29) is 13.0 Å². The Morgan fingerprint density at radius 3 is 2.69 bits per heavy atom. The Bertz CT molecular complexity index is 315. The van der Waals surface area contributed by atoms with Gasteiger partial charge in [-0.1, -0.05) is 0 Å². The van der Waals surface area contributed by atoms with Gasteiger partial charge in [-0.15, -0.1) is 0 Å². The molecule has 90 valence electrons. The highest BCUT2D eigenvalue weighted by Crippen LogP contribution is 2.20. The minimum atomic E-state index is -1.30. The number of ether oxygens (including phenoxy) is 2. The van der Waals surface area contributed by atoms with Gasteiger partial charge in [0.05, 0.1) is 13.5 Å². The Morgan fingerprint density at radius 2 is 2.19 bits per heavy atom. The number of carbonyl (C=O) groups excluding carboxylic acids is 3. The highest BCUT2D eigenvalue weighted by molar-refractivity contribution is 5.84. The molecule has 0 aromatic heterocycles. The van der Waals surface area contributed by atoms with Gasteiger partial charge in [-0.05, 0) is 0 Å². The predicted molar refractivity (Wildman–Crippen MR) is 49.9 cm³/mol. The number of amides is 1. The van der Waals surface area contributed by atoms with Gasteiger partial charge in [-0.25, -0.2) is 0 Å². The monoisotopic (exact) mass is 231 g/mol. The van der Waals surface area contributed by atoms with E-state index in [0.717, 1.165) is 4.90 Å². The Balaban J connectivity index is 2.63. The molecule has 1 amide bonds. The standard InChI is InChI=1S/C9H13NO6/c1-5(11)16-6-3-7(12)10(9(6)14)4-8(13)15-2/h6,9,14H,3-4H2,1-2H3/t6-,9+/m1/s1. The molecule has 0 aliphatic carbocycles. The van der Waals surface area contributed by atoms with Gasteiger partial charge in [0.1, 0.15) is 6.54 Å². The third-order valence-corrected chi connectivity index (χ3v) is 2.19. The molecule has 1 N–H and O–H groups in total. The second-order valence-electron chi connectivity index (χ2n) is 3.36. The predicted octanol–water partition coefficient (Wildman–Crippen LogP) is -1.36. The lowest BCUT2D eigenvalue weighted by molar-refractivity contribution is -0.158. The number of aliphatic hydroxyl groups is 1. The van der Waals surface area contributed by atoms with E-state index in [1.165, 1.54) is 14.0 Å². The second-order valence-corrected chi connectivity index (χ2v) is 3.36. The maximum absolute atomic E-state index is 11.4. The maximum atomic E-state index is 11.4. The van der Waals surface area contributed by atoms with Gasteiger partial charge in [0.15, 0.2) is 12.3 Å². The second kappa shape index (κ2) is 4.93. The van der Waals surface area contributed by atoms with E-state index < -0.39 is 30.2 Å². The van der Waals surface area contributed by atoms with Crippen LogP contribution in [0, 0.1) is 0 Å². The topological polar surface area (TPSA) is 93.1 Å². The highest BCUT2D eigenvalue weighted by atomic mass is 16.6. The summed E-state index contributed by atoms with van der Waals surface area (Å²) in [5, 5.41) is 9.63. The Labute approximate surface area is 91.9 Å². The number of aliphatic hydroxyl groups excluding tert-OH is 1. The van der Waals surface area contributed by atoms with Crippen molar-refractivity contribution >= 4 is 17.8 Å². The summed E-state index contributed by atoms with van der Waals surface area (Å²) in [6.07, 6.45) is -2.34. The molecule has 1 aliphatic rings. The van der Waals surface area contributed by atoms with E-state index >= 15 is 0 Å². The summed E-state index contributed by atoms with van der Waals surface area (Å²) in [5.74, 6) is -1.68. The van der Waals surface area contributed by atoms with Crippen molar-refractivity contribution in [3.8, 4) is 0 Å². The minimum absolute atomic E-state index is 0.127. The van der Waals surface area contributed by atoms with E-state index in [2.05, 4.69) is 4.74 Å². The number of likely N-dealkylation sites (tertiary alicyclic amines) is 1. The fraction of sp³-hybridized carbons (Fsp3) is 0.667. The summed E-state index contributed by atoms with van der Waals surface area (Å²) >= 11 is 0. The number of hydrogen-bond donors (Lipinski definition) is 1. The molecule has 0 aromatic rings. The van der Waals surface area contributed by atoms with Crippen LogP contribution in [-0.2, 0) is 23.9 Å². The summed E-state index contributed by atoms with van der Waals surface area (Å²) < 4.78 is 9.11. The van der Waals surface area contributed by atoms with Crippen molar-refractivity contribution in [2.24, 2.45) is 0 Å². The quantitative estimate of drug-likeness (QED) is 0.603. The molecule has 1 heterocycles. The summed E-state index contributed by atoms with van der Waals surface area (Å²) in [5.41, 5.74) is 0. The van der Waals surface area contributed by atoms with Gasteiger partial charge in [0.25, 0.3) is 0 Å². The van der Waals surface area contributed by atoms with E-state index in [1.54, 1.807) is 0 Å². The Hall–Kier alpha value is -1.63. The van der Waals surface area contributed by atoms with Crippen LogP contribution < -0.4 is 0 Å². The van der Waals surface area contributed by atoms with Gasteiger partial charge in [0.2, 0.25) is 5.91 Å². The summed E-state index contributed by atoms with van der Waals surface area (Å²) in [6, 6.07) is 0. The normalized spacial score (nSPS) is 24.4. The third-order valence-electron chi connectivity index (χ3n) is 2.19. The molecule has 0 saturated carbocycles. The summed E-state index contributed by atoms with van der Waals surface area (Å²) in [4.78, 5) is 33.9. The van der Waals surface area contributed by atoms with Crippen LogP contribution in [0.5, 0.6) is 0 Å². The van der Waals surface area contributed by atoms with Gasteiger partial charge < -0.3 is 19.5 Å². The maximum Gasteiger partial charge on any atom is 0.325 e. The van der Waals surface area contributed by atoms with Crippen LogP contribution in [0.2, 0.25) is 0 Å². The van der Waals surface area contributed by atoms with Crippen molar-refractivity contribution in [1.82, 2.24) is 4.90 Å². The van der Waals surface area contributed by atoms with Crippen LogP contribution in [0.1, 0.15) is 13.3 Å². The van der Waals surface area contributed by atoms with Gasteiger partial charge in [0, 0.05) is 6.92 Å². The van der Waals surface area contributed by atoms with Crippen LogP contribution in [0.15, 0.2) is 0 Å². The zero-order chi connectivity index (χ0) is 12.3. The SMILES string of the molecule is COC(=O)CN1C(=O)C[C@@H](OC(C)=O)[C@@H]1O. The molecule has 0 radical (unpaired) electrons. The van der Waals surface area contributed by atoms with Crippen molar-refractivity contribution in [3.63, 3.8) is 0 Å². The first-order valence-corrected chi connectivity index (χ1v) is 4.67. The molecule has 1 fully saturated rings. The minimum Gasteiger partial charge on any atom is -0.468 e. The Morgan fingerprint density at radius 1 is 1.56 bits per heavy atom. The van der Waals surface area contributed by atoms with Crippen molar-refractivity contribution < 1.29 is 29.0 Å².